The summed E-state index contributed by atoms with van der Waals surface area (Å²) >= 11 is 0. The number of nitrogens with one attached hydrogen (secondary N) is 2. The first-order chi connectivity index (χ1) is 12.8. The Morgan fingerprint density at radius 1 is 1.04 bits per heavy atom. The summed E-state index contributed by atoms with van der Waals surface area (Å²) in [5.41, 5.74) is 2.46. The molecule has 27 heavy (non-hydrogen) atoms. The Balaban J connectivity index is 0.00000261. The van der Waals surface area contributed by atoms with Crippen LogP contribution in [0.1, 0.15) is 30.9 Å². The lowest BCUT2D eigenvalue weighted by molar-refractivity contribution is 0.799. The number of guanidine groups is 1. The molecule has 5 nitrogen and oxygen atoms in total. The molecule has 1 aliphatic rings. The quantitative estimate of drug-likeness (QED) is 0.362. The zero-order valence-electron chi connectivity index (χ0n) is 16.0. The van der Waals surface area contributed by atoms with E-state index in [1.165, 1.54) is 18.4 Å². The van der Waals surface area contributed by atoms with E-state index >= 15 is 0 Å². The number of nitrogens with zero attached hydrogens (tertiary/aromatic N) is 3. The highest BCUT2D eigenvalue weighted by molar-refractivity contribution is 14.0. The van der Waals surface area contributed by atoms with E-state index in [1.807, 2.05) is 12.3 Å². The van der Waals surface area contributed by atoms with Gasteiger partial charge in [0.15, 0.2) is 5.96 Å². The Morgan fingerprint density at radius 2 is 1.81 bits per heavy atom. The van der Waals surface area contributed by atoms with Gasteiger partial charge in [-0.25, -0.2) is 9.98 Å². The van der Waals surface area contributed by atoms with Crippen LogP contribution in [0.15, 0.2) is 53.7 Å². The summed E-state index contributed by atoms with van der Waals surface area (Å²) in [6.07, 6.45) is 5.48. The molecule has 146 valence electrons. The monoisotopic (exact) mass is 479 g/mol. The zero-order valence-corrected chi connectivity index (χ0v) is 18.4. The molecule has 3 rings (SSSR count). The number of benzene rings is 1. The molecule has 0 spiro atoms. The lowest BCUT2D eigenvalue weighted by Gasteiger charge is -2.16. The minimum absolute atomic E-state index is 0. The van der Waals surface area contributed by atoms with Crippen molar-refractivity contribution < 1.29 is 0 Å². The molecule has 2 aromatic rings. The molecular formula is C21H30IN5. The van der Waals surface area contributed by atoms with Crippen LogP contribution >= 0.6 is 24.0 Å². The van der Waals surface area contributed by atoms with E-state index in [4.69, 9.17) is 0 Å². The lowest BCUT2D eigenvalue weighted by atomic mass is 10.1. The average molecular weight is 479 g/mol. The highest BCUT2D eigenvalue weighted by Crippen LogP contribution is 2.17. The topological polar surface area (TPSA) is 52.6 Å². The van der Waals surface area contributed by atoms with Crippen LogP contribution in [0, 0.1) is 0 Å². The third-order valence-electron chi connectivity index (χ3n) is 4.55. The van der Waals surface area contributed by atoms with Crippen LogP contribution < -0.4 is 15.5 Å². The van der Waals surface area contributed by atoms with E-state index in [0.29, 0.717) is 6.54 Å². The third kappa shape index (κ3) is 7.01. The summed E-state index contributed by atoms with van der Waals surface area (Å²) in [5.74, 6) is 1.94. The van der Waals surface area contributed by atoms with E-state index in [9.17, 15) is 0 Å². The maximum Gasteiger partial charge on any atom is 0.191 e. The van der Waals surface area contributed by atoms with Crippen molar-refractivity contribution in [3.63, 3.8) is 0 Å². The summed E-state index contributed by atoms with van der Waals surface area (Å²) in [4.78, 5) is 11.6. The summed E-state index contributed by atoms with van der Waals surface area (Å²) < 4.78 is 0. The van der Waals surface area contributed by atoms with Crippen molar-refractivity contribution in [2.45, 2.75) is 32.7 Å². The van der Waals surface area contributed by atoms with Crippen LogP contribution in [-0.4, -0.2) is 37.1 Å². The standard InChI is InChI=1S/C21H29N5.HI/c1-2-22-21(23-13-12-18-8-4-3-5-9-18)25-17-19-10-11-20(24-16-19)26-14-6-7-15-26;/h3-5,8-11,16H,2,6-7,12-15,17H2,1H3,(H2,22,23,25);1H. The fraction of sp³-hybridized carbons (Fsp3) is 0.429. The number of anilines is 1. The van der Waals surface area contributed by atoms with Gasteiger partial charge in [0.1, 0.15) is 5.82 Å². The summed E-state index contributed by atoms with van der Waals surface area (Å²) in [6.45, 7) is 6.68. The molecular weight excluding hydrogens is 449 g/mol. The van der Waals surface area contributed by atoms with Gasteiger partial charge in [-0.1, -0.05) is 36.4 Å². The first-order valence-electron chi connectivity index (χ1n) is 9.61. The molecule has 0 bridgehead atoms. The molecule has 6 heteroatoms. The third-order valence-corrected chi connectivity index (χ3v) is 4.55. The Kier molecular flexibility index (Phi) is 9.38. The Labute approximate surface area is 179 Å². The molecule has 1 aromatic heterocycles. The molecule has 0 saturated carbocycles. The minimum atomic E-state index is 0. The number of hydrogen-bond acceptors (Lipinski definition) is 3. The van der Waals surface area contributed by atoms with Gasteiger partial charge in [-0.15, -0.1) is 24.0 Å². The average Bonchev–Trinajstić information content (AvgIpc) is 3.22. The first kappa shape index (κ1) is 21.5. The molecule has 2 heterocycles. The maximum absolute atomic E-state index is 4.68. The van der Waals surface area contributed by atoms with Gasteiger partial charge in [-0.2, -0.15) is 0 Å². The Morgan fingerprint density at radius 3 is 2.48 bits per heavy atom. The van der Waals surface area contributed by atoms with Crippen molar-refractivity contribution in [1.29, 1.82) is 0 Å². The highest BCUT2D eigenvalue weighted by atomic mass is 127. The van der Waals surface area contributed by atoms with Crippen molar-refractivity contribution in [2.24, 2.45) is 4.99 Å². The van der Waals surface area contributed by atoms with Gasteiger partial charge >= 0.3 is 0 Å². The van der Waals surface area contributed by atoms with Gasteiger partial charge < -0.3 is 15.5 Å². The zero-order chi connectivity index (χ0) is 18.0. The fourth-order valence-electron chi connectivity index (χ4n) is 3.13. The minimum Gasteiger partial charge on any atom is -0.357 e. The van der Waals surface area contributed by atoms with Crippen molar-refractivity contribution >= 4 is 35.8 Å². The van der Waals surface area contributed by atoms with Crippen LogP contribution in [0.3, 0.4) is 0 Å². The number of halogens is 1. The molecule has 2 N–H and O–H groups in total. The van der Waals surface area contributed by atoms with E-state index in [0.717, 1.165) is 49.9 Å². The van der Waals surface area contributed by atoms with Gasteiger partial charge in [-0.3, -0.25) is 0 Å². The van der Waals surface area contributed by atoms with Gasteiger partial charge in [0.05, 0.1) is 6.54 Å². The molecule has 0 radical (unpaired) electrons. The van der Waals surface area contributed by atoms with Gasteiger partial charge in [-0.05, 0) is 43.4 Å². The van der Waals surface area contributed by atoms with Gasteiger partial charge in [0.2, 0.25) is 0 Å². The van der Waals surface area contributed by atoms with Crippen LogP contribution in [0.4, 0.5) is 5.82 Å². The predicted octanol–water partition coefficient (Wildman–Crippen LogP) is 3.60. The molecule has 0 aliphatic carbocycles. The summed E-state index contributed by atoms with van der Waals surface area (Å²) in [7, 11) is 0. The van der Waals surface area contributed by atoms with Crippen LogP contribution in [-0.2, 0) is 13.0 Å². The normalized spacial score (nSPS) is 14.0. The van der Waals surface area contributed by atoms with Crippen molar-refractivity contribution in [3.05, 3.63) is 59.8 Å². The Bertz CT molecular complexity index is 681. The van der Waals surface area contributed by atoms with Crippen LogP contribution in [0.25, 0.3) is 0 Å². The molecule has 0 unspecified atom stereocenters. The van der Waals surface area contributed by atoms with E-state index in [-0.39, 0.29) is 24.0 Å². The predicted molar refractivity (Wildman–Crippen MR) is 124 cm³/mol. The first-order valence-corrected chi connectivity index (χ1v) is 9.61. The Hall–Kier alpha value is -1.83. The molecule has 1 saturated heterocycles. The number of aliphatic imine (C=N–C) groups is 1. The SMILES string of the molecule is CCNC(=NCc1ccc(N2CCCC2)nc1)NCCc1ccccc1.I. The molecule has 0 amide bonds. The summed E-state index contributed by atoms with van der Waals surface area (Å²) in [6, 6.07) is 14.8. The summed E-state index contributed by atoms with van der Waals surface area (Å²) in [5, 5.41) is 6.71. The second-order valence-electron chi connectivity index (χ2n) is 6.58. The number of hydrogen-bond donors (Lipinski definition) is 2. The van der Waals surface area contributed by atoms with E-state index in [1.54, 1.807) is 0 Å². The lowest BCUT2D eigenvalue weighted by Crippen LogP contribution is -2.38. The van der Waals surface area contributed by atoms with Gasteiger partial charge in [0, 0.05) is 32.4 Å². The smallest absolute Gasteiger partial charge is 0.191 e. The van der Waals surface area contributed by atoms with E-state index in [2.05, 4.69) is 68.8 Å². The molecule has 1 aromatic carbocycles. The fourth-order valence-corrected chi connectivity index (χ4v) is 3.13. The highest BCUT2D eigenvalue weighted by Gasteiger charge is 2.12. The number of pyridine rings is 1. The molecule has 1 fully saturated rings. The van der Waals surface area contributed by atoms with Crippen molar-refractivity contribution in [3.8, 4) is 0 Å². The van der Waals surface area contributed by atoms with Crippen molar-refractivity contribution in [2.75, 3.05) is 31.1 Å². The second-order valence-corrected chi connectivity index (χ2v) is 6.58. The number of aromatic nitrogens is 1. The maximum atomic E-state index is 4.68. The molecule has 0 atom stereocenters. The second kappa shape index (κ2) is 11.8. The van der Waals surface area contributed by atoms with Crippen molar-refractivity contribution in [1.82, 2.24) is 15.6 Å². The van der Waals surface area contributed by atoms with E-state index < -0.39 is 0 Å². The molecule has 1 aliphatic heterocycles. The van der Waals surface area contributed by atoms with Crippen LogP contribution in [0.2, 0.25) is 0 Å². The number of rotatable bonds is 7. The van der Waals surface area contributed by atoms with Gasteiger partial charge in [0.25, 0.3) is 0 Å². The van der Waals surface area contributed by atoms with Crippen LogP contribution in [0.5, 0.6) is 0 Å². The largest absolute Gasteiger partial charge is 0.357 e.